The number of rotatable bonds is 9. The van der Waals surface area contributed by atoms with Gasteiger partial charge in [-0.3, -0.25) is 29.9 Å². The van der Waals surface area contributed by atoms with Crippen molar-refractivity contribution in [3.8, 4) is 0 Å². The Bertz CT molecular complexity index is 1540. The zero-order valence-electron chi connectivity index (χ0n) is 22.8. The molecule has 5 rings (SSSR count). The van der Waals surface area contributed by atoms with Crippen LogP contribution < -0.4 is 10.6 Å². The zero-order valence-corrected chi connectivity index (χ0v) is 23.6. The second-order valence-electron chi connectivity index (χ2n) is 9.65. The normalized spacial score (nSPS) is 17.4. The van der Waals surface area contributed by atoms with Gasteiger partial charge in [0.2, 0.25) is 5.91 Å². The van der Waals surface area contributed by atoms with E-state index in [1.807, 2.05) is 60.7 Å². The molecule has 2 N–H and O–H groups in total. The Balaban J connectivity index is 1.40. The summed E-state index contributed by atoms with van der Waals surface area (Å²) in [6.45, 7) is 1.11. The molecule has 0 aromatic heterocycles. The van der Waals surface area contributed by atoms with Gasteiger partial charge in [-0.15, -0.1) is 11.8 Å². The summed E-state index contributed by atoms with van der Waals surface area (Å²) in [5.74, 6) is -1.64. The highest BCUT2D eigenvalue weighted by molar-refractivity contribution is 8.00. The highest BCUT2D eigenvalue weighted by Crippen LogP contribution is 2.41. The van der Waals surface area contributed by atoms with Crippen LogP contribution in [-0.4, -0.2) is 50.9 Å². The Hall–Kier alpha value is -5.17. The minimum absolute atomic E-state index is 0.101. The van der Waals surface area contributed by atoms with Gasteiger partial charge in [0.15, 0.2) is 11.8 Å². The molecule has 13 heteroatoms. The third-order valence-electron chi connectivity index (χ3n) is 6.72. The first-order valence-electron chi connectivity index (χ1n) is 13.2. The molecule has 2 atom stereocenters. The van der Waals surface area contributed by atoms with E-state index in [0.29, 0.717) is 16.7 Å². The average Bonchev–Trinajstić information content (AvgIpc) is 3.02. The number of carbonyl (C=O) groups excluding carboxylic acids is 4. The Morgan fingerprint density at radius 3 is 2.16 bits per heavy atom. The third kappa shape index (κ3) is 6.51. The third-order valence-corrected chi connectivity index (χ3v) is 8.00. The summed E-state index contributed by atoms with van der Waals surface area (Å²) < 4.78 is 11.3. The first kappa shape index (κ1) is 29.3. The molecule has 3 aromatic carbocycles. The number of hydrogen-bond donors (Lipinski definition) is 2. The van der Waals surface area contributed by atoms with Crippen molar-refractivity contribution >= 4 is 41.3 Å². The number of fused-ring (bicyclic) bond motifs is 1. The van der Waals surface area contributed by atoms with Crippen LogP contribution in [0.25, 0.3) is 0 Å². The molecule has 2 heterocycles. The number of nitro groups is 1. The number of nitro benzene ring substituents is 1. The SMILES string of the molecule is CC(=O)NC1C(=O)N2C(C(=O)OC(c3ccccc3)c3ccccc3)=C(NC(=O)OCc3ccc([N+](=O)[O-])cc3)CS[C@H]12. The number of alkyl carbamates (subject to hydrolysis) is 1. The van der Waals surface area contributed by atoms with Crippen molar-refractivity contribution in [1.82, 2.24) is 15.5 Å². The van der Waals surface area contributed by atoms with Crippen LogP contribution in [0.1, 0.15) is 29.7 Å². The molecule has 0 aliphatic carbocycles. The Morgan fingerprint density at radius 1 is 1.00 bits per heavy atom. The van der Waals surface area contributed by atoms with E-state index in [0.717, 1.165) is 0 Å². The van der Waals surface area contributed by atoms with Gasteiger partial charge in [0.1, 0.15) is 18.0 Å². The highest BCUT2D eigenvalue weighted by Gasteiger charge is 2.54. The summed E-state index contributed by atoms with van der Waals surface area (Å²) in [7, 11) is 0. The van der Waals surface area contributed by atoms with Crippen LogP contribution in [0.2, 0.25) is 0 Å². The number of amides is 3. The molecule has 0 spiro atoms. The molecule has 0 radical (unpaired) electrons. The van der Waals surface area contributed by atoms with Gasteiger partial charge in [0, 0.05) is 24.8 Å². The van der Waals surface area contributed by atoms with Crippen LogP contribution in [-0.2, 0) is 30.5 Å². The van der Waals surface area contributed by atoms with Gasteiger partial charge in [-0.1, -0.05) is 60.7 Å². The average molecular weight is 603 g/mol. The summed E-state index contributed by atoms with van der Waals surface area (Å²) in [5, 5.41) is 15.5. The van der Waals surface area contributed by atoms with E-state index in [-0.39, 0.29) is 29.4 Å². The number of carbonyl (C=O) groups is 4. The van der Waals surface area contributed by atoms with Crippen molar-refractivity contribution in [2.75, 3.05) is 5.75 Å². The lowest BCUT2D eigenvalue weighted by Gasteiger charge is -2.49. The fourth-order valence-electron chi connectivity index (χ4n) is 4.69. The van der Waals surface area contributed by atoms with E-state index in [1.54, 1.807) is 0 Å². The van der Waals surface area contributed by atoms with Crippen LogP contribution in [0.3, 0.4) is 0 Å². The van der Waals surface area contributed by atoms with Crippen LogP contribution in [0.15, 0.2) is 96.3 Å². The maximum Gasteiger partial charge on any atom is 0.411 e. The van der Waals surface area contributed by atoms with Gasteiger partial charge < -0.3 is 14.8 Å². The first-order valence-corrected chi connectivity index (χ1v) is 14.2. The predicted molar refractivity (Wildman–Crippen MR) is 155 cm³/mol. The highest BCUT2D eigenvalue weighted by atomic mass is 32.2. The number of nitrogens with zero attached hydrogens (tertiary/aromatic N) is 2. The molecule has 2 aliphatic rings. The number of ether oxygens (including phenoxy) is 2. The van der Waals surface area contributed by atoms with Crippen molar-refractivity contribution in [1.29, 1.82) is 0 Å². The van der Waals surface area contributed by atoms with Crippen molar-refractivity contribution < 1.29 is 33.6 Å². The minimum atomic E-state index is -0.897. The number of benzene rings is 3. The second kappa shape index (κ2) is 12.8. The summed E-state index contributed by atoms with van der Waals surface area (Å²) in [5.41, 5.74) is 1.77. The lowest BCUT2D eigenvalue weighted by atomic mass is 10.0. The maximum absolute atomic E-state index is 13.9. The molecule has 1 saturated heterocycles. The minimum Gasteiger partial charge on any atom is -0.448 e. The van der Waals surface area contributed by atoms with Gasteiger partial charge in [0.25, 0.3) is 11.6 Å². The summed E-state index contributed by atoms with van der Waals surface area (Å²) in [6.07, 6.45) is -1.71. The fourth-order valence-corrected chi connectivity index (χ4v) is 5.97. The van der Waals surface area contributed by atoms with E-state index in [4.69, 9.17) is 9.47 Å². The molecule has 12 nitrogen and oxygen atoms in total. The van der Waals surface area contributed by atoms with Crippen LogP contribution in [0.4, 0.5) is 10.5 Å². The van der Waals surface area contributed by atoms with Crippen LogP contribution in [0.5, 0.6) is 0 Å². The van der Waals surface area contributed by atoms with Gasteiger partial charge in [-0.2, -0.15) is 0 Å². The Kier molecular flexibility index (Phi) is 8.71. The zero-order chi connectivity index (χ0) is 30.5. The van der Waals surface area contributed by atoms with Crippen molar-refractivity contribution in [3.05, 3.63) is 123 Å². The van der Waals surface area contributed by atoms with Crippen molar-refractivity contribution in [3.63, 3.8) is 0 Å². The Labute approximate surface area is 250 Å². The summed E-state index contributed by atoms with van der Waals surface area (Å²) in [6, 6.07) is 22.9. The molecule has 2 aliphatic heterocycles. The smallest absolute Gasteiger partial charge is 0.411 e. The molecule has 1 fully saturated rings. The molecule has 43 heavy (non-hydrogen) atoms. The van der Waals surface area contributed by atoms with Crippen molar-refractivity contribution in [2.24, 2.45) is 0 Å². The molecule has 220 valence electrons. The first-order chi connectivity index (χ1) is 20.7. The predicted octanol–water partition coefficient (Wildman–Crippen LogP) is 3.79. The van der Waals surface area contributed by atoms with E-state index >= 15 is 0 Å². The van der Waals surface area contributed by atoms with Crippen LogP contribution in [0, 0.1) is 10.1 Å². The lowest BCUT2D eigenvalue weighted by molar-refractivity contribution is -0.384. The summed E-state index contributed by atoms with van der Waals surface area (Å²) in [4.78, 5) is 63.1. The number of esters is 1. The number of hydrogen-bond acceptors (Lipinski definition) is 9. The summed E-state index contributed by atoms with van der Waals surface area (Å²) >= 11 is 1.26. The monoisotopic (exact) mass is 602 g/mol. The van der Waals surface area contributed by atoms with E-state index in [1.165, 1.54) is 47.9 Å². The lowest BCUT2D eigenvalue weighted by Crippen LogP contribution is -2.70. The van der Waals surface area contributed by atoms with Gasteiger partial charge >= 0.3 is 12.1 Å². The topological polar surface area (TPSA) is 157 Å². The molecule has 0 bridgehead atoms. The number of nitrogens with one attached hydrogen (secondary N) is 2. The molecule has 3 amide bonds. The van der Waals surface area contributed by atoms with Crippen LogP contribution >= 0.6 is 11.8 Å². The van der Waals surface area contributed by atoms with Gasteiger partial charge in [-0.25, -0.2) is 9.59 Å². The quantitative estimate of drug-likeness (QED) is 0.161. The van der Waals surface area contributed by atoms with Gasteiger partial charge in [-0.05, 0) is 28.8 Å². The molecule has 0 saturated carbocycles. The number of β-lactam (4-membered cyclic amide) rings is 1. The van der Waals surface area contributed by atoms with E-state index in [9.17, 15) is 29.3 Å². The maximum atomic E-state index is 13.9. The van der Waals surface area contributed by atoms with Gasteiger partial charge in [0.05, 0.1) is 10.6 Å². The second-order valence-corrected chi connectivity index (χ2v) is 10.8. The number of thioether (sulfide) groups is 1. The number of non-ortho nitro benzene ring substituents is 1. The van der Waals surface area contributed by atoms with E-state index in [2.05, 4.69) is 10.6 Å². The molecule has 3 aromatic rings. The Morgan fingerprint density at radius 2 is 1.60 bits per heavy atom. The molecular formula is C30H26N4O8S. The standard InChI is InChI=1S/C30H26N4O8S/c1-18(35)31-24-27(36)33-25(29(37)42-26(20-8-4-2-5-9-20)21-10-6-3-7-11-21)23(17-43-28(24)33)32-30(38)41-16-19-12-14-22(15-13-19)34(39)40/h2-15,24,26,28H,16-17H2,1H3,(H,31,35)(H,32,38)/t24?,28-/m1/s1. The fraction of sp³-hybridized carbons (Fsp3) is 0.200. The molecule has 1 unspecified atom stereocenters. The van der Waals surface area contributed by atoms with E-state index < -0.39 is 46.3 Å². The largest absolute Gasteiger partial charge is 0.448 e. The molecular weight excluding hydrogens is 576 g/mol. The van der Waals surface area contributed by atoms with Crippen molar-refractivity contribution in [2.45, 2.75) is 31.1 Å².